The molecule has 2 fully saturated rings. The van der Waals surface area contributed by atoms with Crippen LogP contribution in [0.4, 0.5) is 0 Å². The lowest BCUT2D eigenvalue weighted by atomic mass is 9.83. The topological polar surface area (TPSA) is 0 Å². The summed E-state index contributed by atoms with van der Waals surface area (Å²) < 4.78 is 0. The third-order valence-corrected chi connectivity index (χ3v) is 4.68. The highest BCUT2D eigenvalue weighted by Crippen LogP contribution is 2.42. The second-order valence-electron chi connectivity index (χ2n) is 5.57. The van der Waals surface area contributed by atoms with Crippen LogP contribution in [0.3, 0.4) is 0 Å². The van der Waals surface area contributed by atoms with Crippen LogP contribution in [-0.2, 0) is 0 Å². The molecule has 0 nitrogen and oxygen atoms in total. The van der Waals surface area contributed by atoms with Gasteiger partial charge >= 0.3 is 0 Å². The van der Waals surface area contributed by atoms with Gasteiger partial charge in [-0.3, -0.25) is 0 Å². The second kappa shape index (κ2) is 4.02. The summed E-state index contributed by atoms with van der Waals surface area (Å²) in [7, 11) is 0. The zero-order chi connectivity index (χ0) is 9.26. The van der Waals surface area contributed by atoms with Crippen LogP contribution in [-0.4, -0.2) is 0 Å². The fourth-order valence-electron chi connectivity index (χ4n) is 3.53. The standard InChI is InChI=1S/C13H24/c1-10-5-3-7-12(10)9-13-8-4-6-11(13)2/h10-13H,3-9H2,1-2H3. The van der Waals surface area contributed by atoms with E-state index >= 15 is 0 Å². The molecule has 4 unspecified atom stereocenters. The molecule has 0 aromatic heterocycles. The van der Waals surface area contributed by atoms with E-state index in [-0.39, 0.29) is 0 Å². The number of hydrogen-bond acceptors (Lipinski definition) is 0. The Morgan fingerprint density at radius 3 is 1.54 bits per heavy atom. The lowest BCUT2D eigenvalue weighted by molar-refractivity contribution is 0.281. The predicted octanol–water partition coefficient (Wildman–Crippen LogP) is 4.25. The van der Waals surface area contributed by atoms with Crippen LogP contribution < -0.4 is 0 Å². The summed E-state index contributed by atoms with van der Waals surface area (Å²) in [4.78, 5) is 0. The Balaban J connectivity index is 1.82. The van der Waals surface area contributed by atoms with Crippen molar-refractivity contribution < 1.29 is 0 Å². The first-order valence-electron chi connectivity index (χ1n) is 6.27. The third kappa shape index (κ3) is 2.08. The highest BCUT2D eigenvalue weighted by Gasteiger charge is 2.30. The minimum absolute atomic E-state index is 1.03. The lowest BCUT2D eigenvalue weighted by Gasteiger charge is -2.22. The molecule has 76 valence electrons. The van der Waals surface area contributed by atoms with Crippen molar-refractivity contribution in [1.29, 1.82) is 0 Å². The van der Waals surface area contributed by atoms with Crippen LogP contribution in [0.5, 0.6) is 0 Å². The van der Waals surface area contributed by atoms with Crippen molar-refractivity contribution in [1.82, 2.24) is 0 Å². The van der Waals surface area contributed by atoms with Crippen molar-refractivity contribution in [3.8, 4) is 0 Å². The average Bonchev–Trinajstić information content (AvgIpc) is 2.65. The molecule has 0 heterocycles. The molecule has 0 aromatic rings. The Morgan fingerprint density at radius 1 is 0.769 bits per heavy atom. The molecular formula is C13H24. The van der Waals surface area contributed by atoms with E-state index in [0.717, 1.165) is 23.7 Å². The van der Waals surface area contributed by atoms with Gasteiger partial charge in [-0.05, 0) is 30.1 Å². The Hall–Kier alpha value is 0. The molecule has 2 saturated carbocycles. The summed E-state index contributed by atoms with van der Waals surface area (Å²) in [5.41, 5.74) is 0. The van der Waals surface area contributed by atoms with Crippen molar-refractivity contribution in [2.24, 2.45) is 23.7 Å². The van der Waals surface area contributed by atoms with Crippen LogP contribution in [0.2, 0.25) is 0 Å². The first-order chi connectivity index (χ1) is 6.27. The summed E-state index contributed by atoms with van der Waals surface area (Å²) >= 11 is 0. The van der Waals surface area contributed by atoms with E-state index in [4.69, 9.17) is 0 Å². The first kappa shape index (κ1) is 9.55. The van der Waals surface area contributed by atoms with Gasteiger partial charge in [0.1, 0.15) is 0 Å². The highest BCUT2D eigenvalue weighted by molar-refractivity contribution is 4.81. The normalized spacial score (nSPS) is 45.7. The van der Waals surface area contributed by atoms with E-state index in [0.29, 0.717) is 0 Å². The van der Waals surface area contributed by atoms with Crippen LogP contribution in [0, 0.1) is 23.7 Å². The lowest BCUT2D eigenvalue weighted by Crippen LogP contribution is -2.13. The summed E-state index contributed by atoms with van der Waals surface area (Å²) in [6, 6.07) is 0. The Bertz CT molecular complexity index is 143. The summed E-state index contributed by atoms with van der Waals surface area (Å²) in [5.74, 6) is 4.25. The van der Waals surface area contributed by atoms with Gasteiger partial charge in [0.25, 0.3) is 0 Å². The fraction of sp³-hybridized carbons (Fsp3) is 1.00. The SMILES string of the molecule is CC1CCCC1CC1CCCC1C. The van der Waals surface area contributed by atoms with E-state index in [9.17, 15) is 0 Å². The summed E-state index contributed by atoms with van der Waals surface area (Å²) in [6.07, 6.45) is 10.6. The largest absolute Gasteiger partial charge is 0.0622 e. The molecule has 0 bridgehead atoms. The maximum atomic E-state index is 2.47. The van der Waals surface area contributed by atoms with E-state index < -0.39 is 0 Å². The zero-order valence-corrected chi connectivity index (χ0v) is 9.26. The summed E-state index contributed by atoms with van der Waals surface area (Å²) in [5, 5.41) is 0. The molecular weight excluding hydrogens is 156 g/mol. The Morgan fingerprint density at radius 2 is 1.23 bits per heavy atom. The van der Waals surface area contributed by atoms with Gasteiger partial charge in [-0.1, -0.05) is 52.4 Å². The minimum atomic E-state index is 1.03. The van der Waals surface area contributed by atoms with Crippen molar-refractivity contribution >= 4 is 0 Å². The van der Waals surface area contributed by atoms with Crippen molar-refractivity contribution in [3.05, 3.63) is 0 Å². The third-order valence-electron chi connectivity index (χ3n) is 4.68. The monoisotopic (exact) mass is 180 g/mol. The Labute approximate surface area is 83.1 Å². The molecule has 0 saturated heterocycles. The van der Waals surface area contributed by atoms with Crippen LogP contribution in [0.25, 0.3) is 0 Å². The maximum Gasteiger partial charge on any atom is -0.0386 e. The van der Waals surface area contributed by atoms with Gasteiger partial charge < -0.3 is 0 Å². The molecule has 0 heteroatoms. The molecule has 0 radical (unpaired) electrons. The average molecular weight is 180 g/mol. The molecule has 0 amide bonds. The van der Waals surface area contributed by atoms with Gasteiger partial charge in [0.2, 0.25) is 0 Å². The van der Waals surface area contributed by atoms with Gasteiger partial charge in [-0.2, -0.15) is 0 Å². The highest BCUT2D eigenvalue weighted by atomic mass is 14.4. The Kier molecular flexibility index (Phi) is 2.96. The second-order valence-corrected chi connectivity index (χ2v) is 5.57. The van der Waals surface area contributed by atoms with Gasteiger partial charge in [0.15, 0.2) is 0 Å². The minimum Gasteiger partial charge on any atom is -0.0622 e. The van der Waals surface area contributed by atoms with Crippen molar-refractivity contribution in [3.63, 3.8) is 0 Å². The maximum absolute atomic E-state index is 2.47. The van der Waals surface area contributed by atoms with Gasteiger partial charge in [0, 0.05) is 0 Å². The van der Waals surface area contributed by atoms with Gasteiger partial charge in [-0.25, -0.2) is 0 Å². The molecule has 0 aliphatic heterocycles. The molecule has 0 spiro atoms. The molecule has 13 heavy (non-hydrogen) atoms. The van der Waals surface area contributed by atoms with Crippen LogP contribution in [0.1, 0.15) is 58.8 Å². The van der Waals surface area contributed by atoms with E-state index in [1.165, 1.54) is 38.5 Å². The zero-order valence-electron chi connectivity index (χ0n) is 9.26. The smallest absolute Gasteiger partial charge is 0.0386 e. The fourth-order valence-corrected chi connectivity index (χ4v) is 3.53. The summed E-state index contributed by atoms with van der Waals surface area (Å²) in [6.45, 7) is 4.94. The predicted molar refractivity (Wildman–Crippen MR) is 57.6 cm³/mol. The van der Waals surface area contributed by atoms with E-state index in [1.54, 1.807) is 6.42 Å². The molecule has 2 aliphatic carbocycles. The van der Waals surface area contributed by atoms with Gasteiger partial charge in [-0.15, -0.1) is 0 Å². The first-order valence-corrected chi connectivity index (χ1v) is 6.27. The number of rotatable bonds is 2. The molecule has 2 aliphatic rings. The van der Waals surface area contributed by atoms with E-state index in [2.05, 4.69) is 13.8 Å². The van der Waals surface area contributed by atoms with E-state index in [1.807, 2.05) is 0 Å². The van der Waals surface area contributed by atoms with Crippen LogP contribution in [0.15, 0.2) is 0 Å². The molecule has 4 atom stereocenters. The quantitative estimate of drug-likeness (QED) is 0.596. The molecule has 0 aromatic carbocycles. The van der Waals surface area contributed by atoms with Gasteiger partial charge in [0.05, 0.1) is 0 Å². The van der Waals surface area contributed by atoms with Crippen molar-refractivity contribution in [2.75, 3.05) is 0 Å². The molecule has 2 rings (SSSR count). The van der Waals surface area contributed by atoms with Crippen molar-refractivity contribution in [2.45, 2.75) is 58.8 Å². The number of hydrogen-bond donors (Lipinski definition) is 0. The van der Waals surface area contributed by atoms with Crippen LogP contribution >= 0.6 is 0 Å². The molecule has 0 N–H and O–H groups in total.